The Bertz CT molecular complexity index is 1850. The molecule has 3 aromatic carbocycles. The number of pyridine rings is 1. The van der Waals surface area contributed by atoms with Gasteiger partial charge in [0.2, 0.25) is 11.8 Å². The van der Waals surface area contributed by atoms with Crippen LogP contribution in [0.25, 0.3) is 16.9 Å². The minimum atomic E-state index is -0.721. The summed E-state index contributed by atoms with van der Waals surface area (Å²) in [7, 11) is 0. The smallest absolute Gasteiger partial charge is 0.240 e. The van der Waals surface area contributed by atoms with Crippen molar-refractivity contribution < 1.29 is 18.4 Å². The van der Waals surface area contributed by atoms with Crippen molar-refractivity contribution in [3.63, 3.8) is 0 Å². The maximum Gasteiger partial charge on any atom is 0.240 e. The lowest BCUT2D eigenvalue weighted by Gasteiger charge is -2.24. The average molecular weight is 610 g/mol. The van der Waals surface area contributed by atoms with Crippen LogP contribution < -0.4 is 10.2 Å². The molecule has 3 heterocycles. The molecule has 0 unspecified atom stereocenters. The molecule has 0 saturated carbocycles. The topological polar surface area (TPSA) is 80.1 Å². The van der Waals surface area contributed by atoms with Crippen molar-refractivity contribution in [1.82, 2.24) is 20.1 Å². The number of carbonyl (C=O) groups is 2. The van der Waals surface area contributed by atoms with Crippen molar-refractivity contribution >= 4 is 29.4 Å². The van der Waals surface area contributed by atoms with E-state index < -0.39 is 16.9 Å². The second-order valence-electron chi connectivity index (χ2n) is 10.5. The number of carbonyl (C=O) groups excluding carboxylic acids is 2. The lowest BCUT2D eigenvalue weighted by atomic mass is 9.99. The lowest BCUT2D eigenvalue weighted by molar-refractivity contribution is -0.123. The molecule has 2 amide bonds. The number of thioether (sulfide) groups is 1. The van der Waals surface area contributed by atoms with Gasteiger partial charge in [-0.05, 0) is 49.2 Å². The van der Waals surface area contributed by atoms with Gasteiger partial charge in [0.15, 0.2) is 0 Å². The lowest BCUT2D eigenvalue weighted by Crippen LogP contribution is -2.42. The minimum Gasteiger partial charge on any atom is -0.349 e. The van der Waals surface area contributed by atoms with Gasteiger partial charge >= 0.3 is 0 Å². The van der Waals surface area contributed by atoms with Gasteiger partial charge in [-0.25, -0.2) is 13.5 Å². The molecule has 5 aromatic rings. The number of hydrogen-bond acceptors (Lipinski definition) is 5. The molecule has 1 aliphatic rings. The standard InChI is InChI=1S/C34H29F2N5O2S/c1-21-9-8-13-28(22(21)2)41-34-31(32(39-41)23-10-4-3-5-11-23)33(26-15-14-24(35)17-27(26)36)44-20-30(43)40(34)19-29(42)38-18-25-12-6-7-16-37-25/h3-17,33H,18-20H2,1-2H3,(H,38,42)/t33-/m0/s1. The Balaban J connectivity index is 1.56. The van der Waals surface area contributed by atoms with Gasteiger partial charge in [-0.1, -0.05) is 54.6 Å². The summed E-state index contributed by atoms with van der Waals surface area (Å²) in [6, 6.07) is 24.1. The van der Waals surface area contributed by atoms with Gasteiger partial charge in [0.05, 0.1) is 34.6 Å². The Labute approximate surface area is 257 Å². The second kappa shape index (κ2) is 12.4. The number of rotatable bonds is 7. The first kappa shape index (κ1) is 29.3. The summed E-state index contributed by atoms with van der Waals surface area (Å²) < 4.78 is 31.2. The van der Waals surface area contributed by atoms with Crippen LogP contribution in [0.3, 0.4) is 0 Å². The van der Waals surface area contributed by atoms with E-state index in [0.717, 1.165) is 28.4 Å². The van der Waals surface area contributed by atoms with E-state index in [2.05, 4.69) is 10.3 Å². The van der Waals surface area contributed by atoms with Gasteiger partial charge in [-0.3, -0.25) is 19.5 Å². The van der Waals surface area contributed by atoms with E-state index >= 15 is 4.39 Å². The maximum absolute atomic E-state index is 15.5. The number of amides is 2. The van der Waals surface area contributed by atoms with E-state index in [1.54, 1.807) is 23.0 Å². The van der Waals surface area contributed by atoms with Crippen LogP contribution in [-0.2, 0) is 16.1 Å². The van der Waals surface area contributed by atoms with Gasteiger partial charge in [-0.2, -0.15) is 5.10 Å². The molecule has 1 atom stereocenters. The van der Waals surface area contributed by atoms with E-state index in [1.807, 2.05) is 68.4 Å². The van der Waals surface area contributed by atoms with Crippen LogP contribution in [0.5, 0.6) is 0 Å². The summed E-state index contributed by atoms with van der Waals surface area (Å²) in [5, 5.41) is 7.20. The highest BCUT2D eigenvalue weighted by Gasteiger charge is 2.38. The third kappa shape index (κ3) is 5.72. The summed E-state index contributed by atoms with van der Waals surface area (Å²) in [5.74, 6) is -1.80. The fourth-order valence-electron chi connectivity index (χ4n) is 5.31. The molecule has 6 rings (SSSR count). The van der Waals surface area contributed by atoms with Gasteiger partial charge in [0, 0.05) is 29.0 Å². The zero-order valence-electron chi connectivity index (χ0n) is 24.1. The Morgan fingerprint density at radius 1 is 1.00 bits per heavy atom. The number of aromatic nitrogens is 3. The van der Waals surface area contributed by atoms with Crippen molar-refractivity contribution in [3.05, 3.63) is 131 Å². The molecule has 1 aliphatic heterocycles. The first-order valence-electron chi connectivity index (χ1n) is 14.1. The fourth-order valence-corrected chi connectivity index (χ4v) is 6.53. The molecule has 0 fully saturated rings. The van der Waals surface area contributed by atoms with E-state index in [4.69, 9.17) is 5.10 Å². The molecule has 222 valence electrons. The van der Waals surface area contributed by atoms with E-state index in [1.165, 1.54) is 28.8 Å². The van der Waals surface area contributed by atoms with Crippen molar-refractivity contribution in [3.8, 4) is 16.9 Å². The van der Waals surface area contributed by atoms with Crippen molar-refractivity contribution in [2.24, 2.45) is 0 Å². The summed E-state index contributed by atoms with van der Waals surface area (Å²) in [5.41, 5.74) is 5.44. The number of halogens is 2. The van der Waals surface area contributed by atoms with Gasteiger partial charge in [0.1, 0.15) is 24.0 Å². The highest BCUT2D eigenvalue weighted by molar-refractivity contribution is 8.00. The molecule has 0 saturated heterocycles. The van der Waals surface area contributed by atoms with Crippen molar-refractivity contribution in [1.29, 1.82) is 0 Å². The third-order valence-electron chi connectivity index (χ3n) is 7.68. The van der Waals surface area contributed by atoms with Crippen LogP contribution in [0.4, 0.5) is 14.6 Å². The second-order valence-corrected chi connectivity index (χ2v) is 11.6. The highest BCUT2D eigenvalue weighted by Crippen LogP contribution is 2.49. The first-order chi connectivity index (χ1) is 21.3. The predicted octanol–water partition coefficient (Wildman–Crippen LogP) is 6.31. The molecule has 0 spiro atoms. The molecule has 1 N–H and O–H groups in total. The summed E-state index contributed by atoms with van der Waals surface area (Å²) in [4.78, 5) is 33.0. The predicted molar refractivity (Wildman–Crippen MR) is 168 cm³/mol. The van der Waals surface area contributed by atoms with Crippen LogP contribution in [0.2, 0.25) is 0 Å². The number of nitrogens with one attached hydrogen (secondary N) is 1. The van der Waals surface area contributed by atoms with Crippen LogP contribution >= 0.6 is 11.8 Å². The zero-order chi connectivity index (χ0) is 30.8. The number of hydrogen-bond donors (Lipinski definition) is 1. The Kier molecular flexibility index (Phi) is 8.25. The molecule has 10 heteroatoms. The molecule has 2 aromatic heterocycles. The monoisotopic (exact) mass is 609 g/mol. The summed E-state index contributed by atoms with van der Waals surface area (Å²) in [6.07, 6.45) is 1.64. The van der Waals surface area contributed by atoms with Crippen LogP contribution in [0.1, 0.15) is 33.2 Å². The molecule has 0 aliphatic carbocycles. The Morgan fingerprint density at radius 2 is 1.80 bits per heavy atom. The summed E-state index contributed by atoms with van der Waals surface area (Å²) >= 11 is 1.23. The number of anilines is 1. The van der Waals surface area contributed by atoms with Crippen molar-refractivity contribution in [2.75, 3.05) is 17.2 Å². The SMILES string of the molecule is Cc1cccc(-n2nc(-c3ccccc3)c3c2N(CC(=O)NCc2ccccn2)C(=O)CS[C@H]3c2ccc(F)cc2F)c1C. The number of aryl methyl sites for hydroxylation is 1. The largest absolute Gasteiger partial charge is 0.349 e. The zero-order valence-corrected chi connectivity index (χ0v) is 24.9. The number of benzene rings is 3. The van der Waals surface area contributed by atoms with E-state index in [9.17, 15) is 14.0 Å². The van der Waals surface area contributed by atoms with Crippen LogP contribution in [0, 0.1) is 25.5 Å². The van der Waals surface area contributed by atoms with Crippen LogP contribution in [0.15, 0.2) is 91.1 Å². The molecule has 0 bridgehead atoms. The number of nitrogens with zero attached hydrogens (tertiary/aromatic N) is 4. The van der Waals surface area contributed by atoms with Gasteiger partial charge < -0.3 is 5.32 Å². The van der Waals surface area contributed by atoms with Crippen molar-refractivity contribution in [2.45, 2.75) is 25.6 Å². The molecule has 7 nitrogen and oxygen atoms in total. The van der Waals surface area contributed by atoms with E-state index in [0.29, 0.717) is 22.8 Å². The normalized spacial score (nSPS) is 14.7. The number of fused-ring (bicyclic) bond motifs is 1. The Morgan fingerprint density at radius 3 is 2.55 bits per heavy atom. The average Bonchev–Trinajstić information content (AvgIpc) is 3.35. The summed E-state index contributed by atoms with van der Waals surface area (Å²) in [6.45, 7) is 3.86. The van der Waals surface area contributed by atoms with E-state index in [-0.39, 0.29) is 36.2 Å². The Hall–Kier alpha value is -4.83. The third-order valence-corrected chi connectivity index (χ3v) is 8.92. The minimum absolute atomic E-state index is 0.0370. The molecule has 44 heavy (non-hydrogen) atoms. The first-order valence-corrected chi connectivity index (χ1v) is 15.1. The molecular formula is C34H29F2N5O2S. The van der Waals surface area contributed by atoms with Gasteiger partial charge in [-0.15, -0.1) is 11.8 Å². The quantitative estimate of drug-likeness (QED) is 0.234. The maximum atomic E-state index is 15.5. The van der Waals surface area contributed by atoms with Crippen LogP contribution in [-0.4, -0.2) is 38.9 Å². The molecule has 0 radical (unpaired) electrons. The highest BCUT2D eigenvalue weighted by atomic mass is 32.2. The fraction of sp³-hybridized carbons (Fsp3) is 0.176. The van der Waals surface area contributed by atoms with Gasteiger partial charge in [0.25, 0.3) is 0 Å². The molecular weight excluding hydrogens is 580 g/mol.